The van der Waals surface area contributed by atoms with Gasteiger partial charge >= 0.3 is 0 Å². The van der Waals surface area contributed by atoms with Crippen LogP contribution in [0.5, 0.6) is 0 Å². The van der Waals surface area contributed by atoms with Crippen molar-refractivity contribution < 1.29 is 14.1 Å². The Hall–Kier alpha value is -1.92. The highest BCUT2D eigenvalue weighted by molar-refractivity contribution is 5.97. The first-order valence-electron chi connectivity index (χ1n) is 7.52. The van der Waals surface area contributed by atoms with E-state index in [0.29, 0.717) is 37.6 Å². The summed E-state index contributed by atoms with van der Waals surface area (Å²) in [5.74, 6) is 1.24. The average molecular weight is 292 g/mol. The van der Waals surface area contributed by atoms with E-state index in [4.69, 9.17) is 4.52 Å². The summed E-state index contributed by atoms with van der Waals surface area (Å²) in [5, 5.41) is 3.74. The second-order valence-corrected chi connectivity index (χ2v) is 5.63. The summed E-state index contributed by atoms with van der Waals surface area (Å²) in [7, 11) is 0. The van der Waals surface area contributed by atoms with Crippen LogP contribution in [0, 0.1) is 6.92 Å². The Labute approximate surface area is 123 Å². The van der Waals surface area contributed by atoms with Gasteiger partial charge in [-0.15, -0.1) is 0 Å². The van der Waals surface area contributed by atoms with Crippen molar-refractivity contribution in [2.45, 2.75) is 51.6 Å². The number of piperazine rings is 1. The van der Waals surface area contributed by atoms with E-state index in [2.05, 4.69) is 10.1 Å². The first kappa shape index (κ1) is 14.0. The second kappa shape index (κ2) is 5.46. The number of aromatic nitrogens is 2. The van der Waals surface area contributed by atoms with Gasteiger partial charge in [0.1, 0.15) is 12.1 Å². The molecule has 2 fully saturated rings. The van der Waals surface area contributed by atoms with Crippen LogP contribution in [0.2, 0.25) is 0 Å². The van der Waals surface area contributed by atoms with Crippen molar-refractivity contribution in [3.63, 3.8) is 0 Å². The van der Waals surface area contributed by atoms with Gasteiger partial charge in [-0.05, 0) is 26.2 Å². The summed E-state index contributed by atoms with van der Waals surface area (Å²) in [6.07, 6.45) is 2.81. The monoisotopic (exact) mass is 292 g/mol. The smallest absolute Gasteiger partial charge is 0.246 e. The summed E-state index contributed by atoms with van der Waals surface area (Å²) in [6.45, 7) is 4.86. The molecule has 2 aliphatic rings. The van der Waals surface area contributed by atoms with Crippen LogP contribution in [-0.4, -0.2) is 56.9 Å². The summed E-state index contributed by atoms with van der Waals surface area (Å²) in [4.78, 5) is 32.7. The Morgan fingerprint density at radius 3 is 2.81 bits per heavy atom. The van der Waals surface area contributed by atoms with Gasteiger partial charge in [0, 0.05) is 19.5 Å². The first-order chi connectivity index (χ1) is 10.1. The Morgan fingerprint density at radius 2 is 2.14 bits per heavy atom. The standard InChI is InChI=1S/C14H20N4O3/c1-3-10-13(19)17-7-4-5-11(17)14(20)18(10)8-6-12-15-9(2)16-21-12/h10-11H,3-8H2,1-2H3. The van der Waals surface area contributed by atoms with E-state index in [-0.39, 0.29) is 23.9 Å². The molecule has 114 valence electrons. The van der Waals surface area contributed by atoms with E-state index in [1.165, 1.54) is 0 Å². The zero-order valence-corrected chi connectivity index (χ0v) is 12.4. The molecule has 0 aromatic carbocycles. The van der Waals surface area contributed by atoms with Crippen LogP contribution in [0.25, 0.3) is 0 Å². The maximum Gasteiger partial charge on any atom is 0.246 e. The molecule has 3 heterocycles. The van der Waals surface area contributed by atoms with Gasteiger partial charge in [0.15, 0.2) is 5.82 Å². The van der Waals surface area contributed by atoms with Crippen molar-refractivity contribution in [2.24, 2.45) is 0 Å². The average Bonchev–Trinajstić information content (AvgIpc) is 3.10. The maximum absolute atomic E-state index is 12.6. The molecule has 1 aromatic heterocycles. The highest BCUT2D eigenvalue weighted by atomic mass is 16.5. The molecule has 2 saturated heterocycles. The third-order valence-electron chi connectivity index (χ3n) is 4.29. The molecule has 0 radical (unpaired) electrons. The van der Waals surface area contributed by atoms with Crippen LogP contribution < -0.4 is 0 Å². The lowest BCUT2D eigenvalue weighted by atomic mass is 10.0. The second-order valence-electron chi connectivity index (χ2n) is 5.63. The molecule has 2 atom stereocenters. The third-order valence-corrected chi connectivity index (χ3v) is 4.29. The van der Waals surface area contributed by atoms with E-state index < -0.39 is 0 Å². The van der Waals surface area contributed by atoms with E-state index in [1.54, 1.807) is 16.7 Å². The van der Waals surface area contributed by atoms with E-state index in [0.717, 1.165) is 12.8 Å². The van der Waals surface area contributed by atoms with Crippen molar-refractivity contribution in [3.05, 3.63) is 11.7 Å². The van der Waals surface area contributed by atoms with Crippen LogP contribution in [-0.2, 0) is 16.0 Å². The van der Waals surface area contributed by atoms with Crippen LogP contribution in [0.15, 0.2) is 4.52 Å². The molecule has 2 aliphatic heterocycles. The maximum atomic E-state index is 12.6. The van der Waals surface area contributed by atoms with Gasteiger partial charge in [0.25, 0.3) is 0 Å². The van der Waals surface area contributed by atoms with Gasteiger partial charge in [-0.1, -0.05) is 12.1 Å². The van der Waals surface area contributed by atoms with Crippen molar-refractivity contribution >= 4 is 11.8 Å². The fourth-order valence-corrected chi connectivity index (χ4v) is 3.28. The Balaban J connectivity index is 1.75. The minimum absolute atomic E-state index is 0.0650. The highest BCUT2D eigenvalue weighted by Gasteiger charge is 2.46. The molecule has 21 heavy (non-hydrogen) atoms. The summed E-state index contributed by atoms with van der Waals surface area (Å²) in [5.41, 5.74) is 0. The Kier molecular flexibility index (Phi) is 3.65. The lowest BCUT2D eigenvalue weighted by Crippen LogP contribution is -2.62. The van der Waals surface area contributed by atoms with E-state index in [1.807, 2.05) is 6.92 Å². The number of rotatable bonds is 4. The van der Waals surface area contributed by atoms with Crippen LogP contribution in [0.3, 0.4) is 0 Å². The molecule has 0 aliphatic carbocycles. The molecule has 2 amide bonds. The van der Waals surface area contributed by atoms with E-state index >= 15 is 0 Å². The van der Waals surface area contributed by atoms with E-state index in [9.17, 15) is 9.59 Å². The topological polar surface area (TPSA) is 79.5 Å². The first-order valence-corrected chi connectivity index (χ1v) is 7.52. The molecule has 2 unspecified atom stereocenters. The predicted octanol–water partition coefficient (Wildman–Crippen LogP) is 0.532. The van der Waals surface area contributed by atoms with Crippen molar-refractivity contribution in [2.75, 3.05) is 13.1 Å². The van der Waals surface area contributed by atoms with Crippen molar-refractivity contribution in [1.29, 1.82) is 0 Å². The molecule has 0 saturated carbocycles. The lowest BCUT2D eigenvalue weighted by molar-refractivity contribution is -0.159. The number of carbonyl (C=O) groups is 2. The van der Waals surface area contributed by atoms with Gasteiger partial charge in [-0.3, -0.25) is 9.59 Å². The largest absolute Gasteiger partial charge is 0.339 e. The zero-order valence-electron chi connectivity index (χ0n) is 12.4. The minimum Gasteiger partial charge on any atom is -0.339 e. The third kappa shape index (κ3) is 2.41. The van der Waals surface area contributed by atoms with Crippen LogP contribution in [0.1, 0.15) is 37.9 Å². The molecule has 7 heteroatoms. The normalized spacial score (nSPS) is 25.6. The molecule has 1 aromatic rings. The Bertz CT molecular complexity index is 556. The summed E-state index contributed by atoms with van der Waals surface area (Å²) >= 11 is 0. The summed E-state index contributed by atoms with van der Waals surface area (Å²) < 4.78 is 5.08. The minimum atomic E-state index is -0.351. The molecule has 3 rings (SSSR count). The predicted molar refractivity (Wildman–Crippen MR) is 73.3 cm³/mol. The number of aryl methyl sites for hydroxylation is 1. The van der Waals surface area contributed by atoms with Crippen LogP contribution in [0.4, 0.5) is 0 Å². The zero-order chi connectivity index (χ0) is 15.0. The SMILES string of the molecule is CCC1C(=O)N2CCCC2C(=O)N1CCc1nc(C)no1. The van der Waals surface area contributed by atoms with Gasteiger partial charge in [-0.25, -0.2) is 0 Å². The molecule has 0 N–H and O–H groups in total. The highest BCUT2D eigenvalue weighted by Crippen LogP contribution is 2.28. The quantitative estimate of drug-likeness (QED) is 0.809. The number of nitrogens with zero attached hydrogens (tertiary/aromatic N) is 4. The van der Waals surface area contributed by atoms with Crippen LogP contribution >= 0.6 is 0 Å². The number of carbonyl (C=O) groups excluding carboxylic acids is 2. The van der Waals surface area contributed by atoms with Crippen molar-refractivity contribution in [1.82, 2.24) is 19.9 Å². The van der Waals surface area contributed by atoms with Gasteiger partial charge in [0.05, 0.1) is 0 Å². The summed E-state index contributed by atoms with van der Waals surface area (Å²) in [6, 6.07) is -0.611. The Morgan fingerprint density at radius 1 is 1.33 bits per heavy atom. The number of hydrogen-bond acceptors (Lipinski definition) is 5. The molecule has 0 spiro atoms. The molecule has 0 bridgehead atoms. The number of amides is 2. The van der Waals surface area contributed by atoms with Gasteiger partial charge in [0.2, 0.25) is 17.7 Å². The lowest BCUT2D eigenvalue weighted by Gasteiger charge is -2.42. The van der Waals surface area contributed by atoms with Crippen molar-refractivity contribution in [3.8, 4) is 0 Å². The fourth-order valence-electron chi connectivity index (χ4n) is 3.28. The van der Waals surface area contributed by atoms with Gasteiger partial charge in [-0.2, -0.15) is 4.98 Å². The number of hydrogen-bond donors (Lipinski definition) is 0. The fraction of sp³-hybridized carbons (Fsp3) is 0.714. The molecule has 7 nitrogen and oxygen atoms in total. The molecular formula is C14H20N4O3. The molecular weight excluding hydrogens is 272 g/mol. The van der Waals surface area contributed by atoms with Gasteiger partial charge < -0.3 is 14.3 Å². The number of fused-ring (bicyclic) bond motifs is 1.